The van der Waals surface area contributed by atoms with Gasteiger partial charge in [0.05, 0.1) is 23.9 Å². The number of amides is 2. The second-order valence-corrected chi connectivity index (χ2v) is 4.96. The molecule has 0 fully saturated rings. The molecule has 0 saturated heterocycles. The molecule has 1 aliphatic rings. The molecular formula is C15H11F2N3O5. The third-order valence-corrected chi connectivity index (χ3v) is 3.58. The molecule has 1 aliphatic heterocycles. The molecule has 2 aromatic rings. The van der Waals surface area contributed by atoms with Crippen LogP contribution >= 0.6 is 0 Å². The lowest BCUT2D eigenvalue weighted by Crippen LogP contribution is -2.25. The number of hydrogen-bond acceptors (Lipinski definition) is 6. The second-order valence-electron chi connectivity index (χ2n) is 4.96. The largest absolute Gasteiger partial charge is 0.493 e. The first-order chi connectivity index (χ1) is 11.8. The fraction of sp³-hybridized carbons (Fsp3) is 0.133. The number of carbonyl (C=O) groups excluding carboxylic acids is 2. The summed E-state index contributed by atoms with van der Waals surface area (Å²) in [6.07, 6.45) is 0. The van der Waals surface area contributed by atoms with Crippen LogP contribution in [0.15, 0.2) is 29.1 Å². The van der Waals surface area contributed by atoms with Gasteiger partial charge in [0.1, 0.15) is 5.82 Å². The van der Waals surface area contributed by atoms with Crippen LogP contribution in [0.4, 0.5) is 14.6 Å². The molecule has 25 heavy (non-hydrogen) atoms. The van der Waals surface area contributed by atoms with E-state index < -0.39 is 29.7 Å². The van der Waals surface area contributed by atoms with Crippen LogP contribution < -0.4 is 26.1 Å². The summed E-state index contributed by atoms with van der Waals surface area (Å²) in [7, 11) is 1.23. The van der Waals surface area contributed by atoms with Crippen LogP contribution in [0.1, 0.15) is 20.7 Å². The van der Waals surface area contributed by atoms with Gasteiger partial charge in [0.15, 0.2) is 11.5 Å². The molecular weight excluding hydrogens is 340 g/mol. The SMILES string of the molecule is COc1cccc(-n2c(N)c3c(cc2=O)C(=O)NC3=O)c1OC(F)F. The van der Waals surface area contributed by atoms with Crippen LogP contribution in [-0.4, -0.2) is 30.1 Å². The molecule has 0 saturated carbocycles. The number of alkyl halides is 2. The summed E-state index contributed by atoms with van der Waals surface area (Å²) < 4.78 is 35.8. The lowest BCUT2D eigenvalue weighted by molar-refractivity contribution is -0.0512. The zero-order valence-corrected chi connectivity index (χ0v) is 12.7. The van der Waals surface area contributed by atoms with Crippen LogP contribution in [0, 0.1) is 0 Å². The number of halogens is 2. The van der Waals surface area contributed by atoms with E-state index in [2.05, 4.69) is 4.74 Å². The van der Waals surface area contributed by atoms with Crippen molar-refractivity contribution in [2.75, 3.05) is 12.8 Å². The summed E-state index contributed by atoms with van der Waals surface area (Å²) in [6, 6.07) is 4.97. The van der Waals surface area contributed by atoms with Gasteiger partial charge >= 0.3 is 6.61 Å². The average Bonchev–Trinajstić information content (AvgIpc) is 2.82. The number of benzene rings is 1. The number of ether oxygens (including phenoxy) is 2. The van der Waals surface area contributed by atoms with Crippen LogP contribution in [-0.2, 0) is 0 Å². The highest BCUT2D eigenvalue weighted by Gasteiger charge is 2.32. The molecule has 0 spiro atoms. The van der Waals surface area contributed by atoms with Crippen molar-refractivity contribution < 1.29 is 27.8 Å². The average molecular weight is 351 g/mol. The maximum atomic E-state index is 12.8. The van der Waals surface area contributed by atoms with Crippen molar-refractivity contribution in [3.05, 3.63) is 45.7 Å². The lowest BCUT2D eigenvalue weighted by atomic mass is 10.1. The lowest BCUT2D eigenvalue weighted by Gasteiger charge is -2.17. The number of carbonyl (C=O) groups is 2. The predicted octanol–water partition coefficient (Wildman–Crippen LogP) is 0.913. The quantitative estimate of drug-likeness (QED) is 0.792. The Kier molecular flexibility index (Phi) is 3.87. The molecule has 1 aromatic heterocycles. The number of para-hydroxylation sites is 1. The van der Waals surface area contributed by atoms with Crippen LogP contribution in [0.3, 0.4) is 0 Å². The zero-order chi connectivity index (χ0) is 18.3. The van der Waals surface area contributed by atoms with Crippen molar-refractivity contribution in [1.82, 2.24) is 9.88 Å². The molecule has 0 aliphatic carbocycles. The van der Waals surface area contributed by atoms with Crippen molar-refractivity contribution >= 4 is 17.6 Å². The number of pyridine rings is 1. The van der Waals surface area contributed by atoms with Crippen LogP contribution in [0.25, 0.3) is 5.69 Å². The number of rotatable bonds is 4. The molecule has 1 aromatic carbocycles. The summed E-state index contributed by atoms with van der Waals surface area (Å²) in [5.41, 5.74) is 4.53. The minimum Gasteiger partial charge on any atom is -0.493 e. The Hall–Kier alpha value is -3.43. The summed E-state index contributed by atoms with van der Waals surface area (Å²) in [6.45, 7) is -3.19. The van der Waals surface area contributed by atoms with E-state index in [0.717, 1.165) is 10.6 Å². The van der Waals surface area contributed by atoms with Crippen molar-refractivity contribution in [3.63, 3.8) is 0 Å². The van der Waals surface area contributed by atoms with Gasteiger partial charge in [-0.15, -0.1) is 0 Å². The molecule has 3 rings (SSSR count). The first-order valence-electron chi connectivity index (χ1n) is 6.88. The van der Waals surface area contributed by atoms with Crippen molar-refractivity contribution in [1.29, 1.82) is 0 Å². The fourth-order valence-corrected chi connectivity index (χ4v) is 2.58. The molecule has 0 bridgehead atoms. The summed E-state index contributed by atoms with van der Waals surface area (Å²) in [5.74, 6) is -2.42. The van der Waals surface area contributed by atoms with Crippen molar-refractivity contribution in [2.24, 2.45) is 0 Å². The van der Waals surface area contributed by atoms with E-state index in [-0.39, 0.29) is 28.4 Å². The normalized spacial score (nSPS) is 13.0. The highest BCUT2D eigenvalue weighted by molar-refractivity contribution is 6.23. The number of aromatic nitrogens is 1. The smallest absolute Gasteiger partial charge is 0.387 e. The molecule has 0 atom stereocenters. The number of imide groups is 1. The number of methoxy groups -OCH3 is 1. The standard InChI is InChI=1S/C15H11F2N3O5/c1-24-8-4-2-3-7(11(8)25-15(16)17)20-9(21)5-6-10(12(20)18)14(23)19-13(6)22/h2-5,15H,18H2,1H3,(H,19,22,23). The Labute approximate surface area is 138 Å². The van der Waals surface area contributed by atoms with Crippen LogP contribution in [0.5, 0.6) is 11.5 Å². The minimum absolute atomic E-state index is 0.0647. The van der Waals surface area contributed by atoms with Gasteiger partial charge in [-0.1, -0.05) is 6.07 Å². The molecule has 0 radical (unpaired) electrons. The monoisotopic (exact) mass is 351 g/mol. The molecule has 8 nitrogen and oxygen atoms in total. The number of fused-ring (bicyclic) bond motifs is 1. The van der Waals surface area contributed by atoms with Gasteiger partial charge < -0.3 is 15.2 Å². The molecule has 130 valence electrons. The molecule has 2 amide bonds. The predicted molar refractivity (Wildman–Crippen MR) is 81.4 cm³/mol. The van der Waals surface area contributed by atoms with E-state index in [1.54, 1.807) is 0 Å². The van der Waals surface area contributed by atoms with Crippen LogP contribution in [0.2, 0.25) is 0 Å². The summed E-state index contributed by atoms with van der Waals surface area (Å²) in [5, 5.41) is 2.01. The van der Waals surface area contributed by atoms with E-state index in [0.29, 0.717) is 0 Å². The van der Waals surface area contributed by atoms with Gasteiger partial charge in [-0.05, 0) is 12.1 Å². The molecule has 3 N–H and O–H groups in total. The number of nitrogens with zero attached hydrogens (tertiary/aromatic N) is 1. The number of anilines is 1. The second kappa shape index (κ2) is 5.89. The Balaban J connectivity index is 2.32. The minimum atomic E-state index is -3.19. The Morgan fingerprint density at radius 3 is 2.56 bits per heavy atom. The van der Waals surface area contributed by atoms with E-state index in [9.17, 15) is 23.2 Å². The maximum Gasteiger partial charge on any atom is 0.387 e. The van der Waals surface area contributed by atoms with Gasteiger partial charge in [-0.25, -0.2) is 0 Å². The van der Waals surface area contributed by atoms with E-state index in [1.165, 1.54) is 25.3 Å². The van der Waals surface area contributed by atoms with Crippen molar-refractivity contribution in [3.8, 4) is 17.2 Å². The Morgan fingerprint density at radius 2 is 1.92 bits per heavy atom. The number of hydrogen-bond donors (Lipinski definition) is 2. The maximum absolute atomic E-state index is 12.8. The van der Waals surface area contributed by atoms with Gasteiger partial charge in [-0.3, -0.25) is 24.3 Å². The Bertz CT molecular complexity index is 955. The zero-order valence-electron chi connectivity index (χ0n) is 12.7. The van der Waals surface area contributed by atoms with Crippen molar-refractivity contribution in [2.45, 2.75) is 6.61 Å². The molecule has 10 heteroatoms. The van der Waals surface area contributed by atoms with Gasteiger partial charge in [0, 0.05) is 6.07 Å². The van der Waals surface area contributed by atoms with Gasteiger partial charge in [0.2, 0.25) is 0 Å². The number of nitrogen functional groups attached to an aromatic ring is 1. The highest BCUT2D eigenvalue weighted by Crippen LogP contribution is 2.36. The third kappa shape index (κ3) is 2.57. The summed E-state index contributed by atoms with van der Waals surface area (Å²) >= 11 is 0. The topological polar surface area (TPSA) is 113 Å². The number of nitrogens with two attached hydrogens (primary N) is 1. The van der Waals surface area contributed by atoms with E-state index in [1.807, 2.05) is 5.32 Å². The first kappa shape index (κ1) is 16.4. The van der Waals surface area contributed by atoms with E-state index >= 15 is 0 Å². The summed E-state index contributed by atoms with van der Waals surface area (Å²) in [4.78, 5) is 35.9. The molecule has 0 unspecified atom stereocenters. The third-order valence-electron chi connectivity index (χ3n) is 3.58. The van der Waals surface area contributed by atoms with E-state index in [4.69, 9.17) is 10.5 Å². The Morgan fingerprint density at radius 1 is 1.20 bits per heavy atom. The van der Waals surface area contributed by atoms with Gasteiger partial charge in [0.25, 0.3) is 17.4 Å². The van der Waals surface area contributed by atoms with Gasteiger partial charge in [-0.2, -0.15) is 8.78 Å². The fourth-order valence-electron chi connectivity index (χ4n) is 2.58. The first-order valence-corrected chi connectivity index (χ1v) is 6.88. The molecule has 2 heterocycles. The highest BCUT2D eigenvalue weighted by atomic mass is 19.3. The number of nitrogens with one attached hydrogen (secondary N) is 1.